The van der Waals surface area contributed by atoms with Crippen molar-refractivity contribution in [2.45, 2.75) is 19.8 Å². The average Bonchev–Trinajstić information content (AvgIpc) is 2.84. The number of amides is 1. The van der Waals surface area contributed by atoms with Crippen LogP contribution in [0.4, 0.5) is 5.69 Å². The van der Waals surface area contributed by atoms with Crippen LogP contribution in [0.25, 0.3) is 0 Å². The molecule has 0 atom stereocenters. The first-order chi connectivity index (χ1) is 9.56. The summed E-state index contributed by atoms with van der Waals surface area (Å²) in [6.07, 6.45) is 0.605. The van der Waals surface area contributed by atoms with Crippen molar-refractivity contribution in [2.75, 3.05) is 5.32 Å². The lowest BCUT2D eigenvalue weighted by atomic mass is 10.1. The predicted octanol–water partition coefficient (Wildman–Crippen LogP) is 3.33. The van der Waals surface area contributed by atoms with Crippen molar-refractivity contribution in [3.8, 4) is 0 Å². The Kier molecular flexibility index (Phi) is 4.53. The molecular formula is C15H15NO3S. The van der Waals surface area contributed by atoms with Gasteiger partial charge in [0, 0.05) is 12.1 Å². The van der Waals surface area contributed by atoms with E-state index in [9.17, 15) is 9.59 Å². The Hall–Kier alpha value is -2.14. The highest BCUT2D eigenvalue weighted by atomic mass is 32.1. The maximum atomic E-state index is 12.0. The number of carbonyl (C=O) groups is 2. The van der Waals surface area contributed by atoms with Crippen LogP contribution in [0.2, 0.25) is 0 Å². The second-order valence-corrected chi connectivity index (χ2v) is 5.39. The minimum Gasteiger partial charge on any atom is -0.481 e. The summed E-state index contributed by atoms with van der Waals surface area (Å²) in [5.74, 6) is -0.925. The molecule has 0 aliphatic carbocycles. The van der Waals surface area contributed by atoms with E-state index in [4.69, 9.17) is 5.11 Å². The van der Waals surface area contributed by atoms with Gasteiger partial charge in [-0.15, -0.1) is 11.3 Å². The van der Waals surface area contributed by atoms with Gasteiger partial charge in [0.05, 0.1) is 4.88 Å². The molecular weight excluding hydrogens is 274 g/mol. The van der Waals surface area contributed by atoms with Crippen LogP contribution in [-0.4, -0.2) is 17.0 Å². The van der Waals surface area contributed by atoms with Gasteiger partial charge < -0.3 is 10.4 Å². The van der Waals surface area contributed by atoms with Crippen LogP contribution < -0.4 is 5.32 Å². The summed E-state index contributed by atoms with van der Waals surface area (Å²) in [5, 5.41) is 13.3. The number of benzene rings is 1. The van der Waals surface area contributed by atoms with Gasteiger partial charge in [-0.2, -0.15) is 0 Å². The number of rotatable bonds is 5. The molecule has 1 aromatic carbocycles. The van der Waals surface area contributed by atoms with Crippen molar-refractivity contribution in [1.82, 2.24) is 0 Å². The highest BCUT2D eigenvalue weighted by Crippen LogP contribution is 2.18. The van der Waals surface area contributed by atoms with Gasteiger partial charge in [-0.1, -0.05) is 12.1 Å². The first-order valence-electron chi connectivity index (χ1n) is 6.22. The average molecular weight is 289 g/mol. The maximum absolute atomic E-state index is 12.0. The van der Waals surface area contributed by atoms with E-state index in [0.717, 1.165) is 11.1 Å². The topological polar surface area (TPSA) is 66.4 Å². The van der Waals surface area contributed by atoms with Crippen LogP contribution in [0.3, 0.4) is 0 Å². The molecule has 2 N–H and O–H groups in total. The van der Waals surface area contributed by atoms with Gasteiger partial charge in [0.1, 0.15) is 0 Å². The van der Waals surface area contributed by atoms with Gasteiger partial charge in [-0.25, -0.2) is 0 Å². The Balaban J connectivity index is 1.99. The van der Waals surface area contributed by atoms with Crippen LogP contribution in [0, 0.1) is 6.92 Å². The molecule has 1 aromatic heterocycles. The van der Waals surface area contributed by atoms with Crippen LogP contribution in [0.15, 0.2) is 35.7 Å². The van der Waals surface area contributed by atoms with E-state index in [1.807, 2.05) is 30.5 Å². The number of carboxylic acid groups (broad SMARTS) is 1. The summed E-state index contributed by atoms with van der Waals surface area (Å²) >= 11 is 1.41. The highest BCUT2D eigenvalue weighted by molar-refractivity contribution is 7.12. The molecule has 0 aliphatic rings. The molecule has 0 unspecified atom stereocenters. The van der Waals surface area contributed by atoms with Crippen molar-refractivity contribution in [1.29, 1.82) is 0 Å². The van der Waals surface area contributed by atoms with E-state index in [-0.39, 0.29) is 12.3 Å². The number of aliphatic carboxylic acids is 1. The second-order valence-electron chi connectivity index (χ2n) is 4.48. The lowest BCUT2D eigenvalue weighted by Crippen LogP contribution is -2.11. The first-order valence-corrected chi connectivity index (χ1v) is 7.10. The van der Waals surface area contributed by atoms with E-state index in [1.54, 1.807) is 12.1 Å². The van der Waals surface area contributed by atoms with Gasteiger partial charge in [0.2, 0.25) is 0 Å². The Morgan fingerprint density at radius 3 is 2.45 bits per heavy atom. The minimum atomic E-state index is -0.810. The summed E-state index contributed by atoms with van der Waals surface area (Å²) in [5.41, 5.74) is 2.62. The molecule has 4 nitrogen and oxygen atoms in total. The van der Waals surface area contributed by atoms with E-state index >= 15 is 0 Å². The Bertz CT molecular complexity index is 616. The molecule has 0 spiro atoms. The van der Waals surface area contributed by atoms with Crippen molar-refractivity contribution in [3.05, 3.63) is 51.7 Å². The Morgan fingerprint density at radius 2 is 1.90 bits per heavy atom. The SMILES string of the molecule is Cc1ccsc1C(=O)Nc1ccc(CCC(=O)O)cc1. The molecule has 0 radical (unpaired) electrons. The first kappa shape index (κ1) is 14.3. The summed E-state index contributed by atoms with van der Waals surface area (Å²) in [4.78, 5) is 23.2. The minimum absolute atomic E-state index is 0.111. The molecule has 104 valence electrons. The zero-order chi connectivity index (χ0) is 14.5. The Morgan fingerprint density at radius 1 is 1.20 bits per heavy atom. The zero-order valence-corrected chi connectivity index (χ0v) is 11.9. The van der Waals surface area contributed by atoms with Gasteiger partial charge in [0.25, 0.3) is 5.91 Å². The summed E-state index contributed by atoms with van der Waals surface area (Å²) in [7, 11) is 0. The molecule has 2 aromatic rings. The van der Waals surface area contributed by atoms with E-state index < -0.39 is 5.97 Å². The van der Waals surface area contributed by atoms with Crippen molar-refractivity contribution in [2.24, 2.45) is 0 Å². The fraction of sp³-hybridized carbons (Fsp3) is 0.200. The number of carboxylic acids is 1. The van der Waals surface area contributed by atoms with Gasteiger partial charge in [-0.05, 0) is 48.1 Å². The third kappa shape index (κ3) is 3.68. The monoisotopic (exact) mass is 289 g/mol. The van der Waals surface area contributed by atoms with Crippen LogP contribution in [0.5, 0.6) is 0 Å². The number of aryl methyl sites for hydroxylation is 2. The van der Waals surface area contributed by atoms with E-state index in [1.165, 1.54) is 11.3 Å². The number of anilines is 1. The van der Waals surface area contributed by atoms with Crippen LogP contribution in [0.1, 0.15) is 27.2 Å². The van der Waals surface area contributed by atoms with Crippen LogP contribution in [-0.2, 0) is 11.2 Å². The number of carbonyl (C=O) groups excluding carboxylic acids is 1. The molecule has 2 rings (SSSR count). The molecule has 0 saturated heterocycles. The third-order valence-corrected chi connectivity index (χ3v) is 3.92. The molecule has 0 bridgehead atoms. The standard InChI is InChI=1S/C15H15NO3S/c1-10-8-9-20-14(10)15(19)16-12-5-2-11(3-6-12)4-7-13(17)18/h2-3,5-6,8-9H,4,7H2,1H3,(H,16,19)(H,17,18). The molecule has 0 aliphatic heterocycles. The third-order valence-electron chi connectivity index (χ3n) is 2.91. The molecule has 0 fully saturated rings. The second kappa shape index (κ2) is 6.34. The number of hydrogen-bond donors (Lipinski definition) is 2. The fourth-order valence-corrected chi connectivity index (χ4v) is 2.62. The largest absolute Gasteiger partial charge is 0.481 e. The molecule has 1 heterocycles. The van der Waals surface area contributed by atoms with Crippen molar-refractivity contribution in [3.63, 3.8) is 0 Å². The fourth-order valence-electron chi connectivity index (χ4n) is 1.80. The molecule has 1 amide bonds. The van der Waals surface area contributed by atoms with Gasteiger partial charge in [-0.3, -0.25) is 9.59 Å². The number of thiophene rings is 1. The van der Waals surface area contributed by atoms with E-state index in [0.29, 0.717) is 17.0 Å². The predicted molar refractivity (Wildman–Crippen MR) is 79.4 cm³/mol. The number of nitrogens with one attached hydrogen (secondary N) is 1. The van der Waals surface area contributed by atoms with E-state index in [2.05, 4.69) is 5.32 Å². The number of hydrogen-bond acceptors (Lipinski definition) is 3. The van der Waals surface area contributed by atoms with Gasteiger partial charge in [0.15, 0.2) is 0 Å². The quantitative estimate of drug-likeness (QED) is 0.887. The maximum Gasteiger partial charge on any atom is 0.303 e. The Labute approximate surface area is 121 Å². The van der Waals surface area contributed by atoms with Gasteiger partial charge >= 0.3 is 5.97 Å². The molecule has 20 heavy (non-hydrogen) atoms. The lowest BCUT2D eigenvalue weighted by molar-refractivity contribution is -0.136. The summed E-state index contributed by atoms with van der Waals surface area (Å²) in [6.45, 7) is 1.90. The normalized spacial score (nSPS) is 10.2. The van der Waals surface area contributed by atoms with Crippen molar-refractivity contribution >= 4 is 28.9 Å². The summed E-state index contributed by atoms with van der Waals surface area (Å²) in [6, 6.07) is 9.16. The lowest BCUT2D eigenvalue weighted by Gasteiger charge is -2.06. The van der Waals surface area contributed by atoms with Crippen molar-refractivity contribution < 1.29 is 14.7 Å². The molecule has 0 saturated carbocycles. The zero-order valence-electron chi connectivity index (χ0n) is 11.1. The molecule has 5 heteroatoms. The van der Waals surface area contributed by atoms with Crippen LogP contribution >= 0.6 is 11.3 Å². The highest BCUT2D eigenvalue weighted by Gasteiger charge is 2.10. The smallest absolute Gasteiger partial charge is 0.303 e. The summed E-state index contributed by atoms with van der Waals surface area (Å²) < 4.78 is 0.